The molecule has 75 heavy (non-hydrogen) atoms. The average Bonchev–Trinajstić information content (AvgIpc) is 3.29. The summed E-state index contributed by atoms with van der Waals surface area (Å²) in [5.74, 6) is -2.09. The summed E-state index contributed by atoms with van der Waals surface area (Å²) in [7, 11) is 0. The number of hydrogen-bond acceptors (Lipinski definition) is 14. The number of benzene rings is 3. The number of hydrogen-bond donors (Lipinski definition) is 4. The topological polar surface area (TPSA) is 231 Å². The summed E-state index contributed by atoms with van der Waals surface area (Å²) in [5, 5.41) is 0. The van der Waals surface area contributed by atoms with Gasteiger partial charge in [-0.2, -0.15) is 0 Å². The fourth-order valence-electron chi connectivity index (χ4n) is 7.01. The monoisotopic (exact) mass is 1100 g/mol. The lowest BCUT2D eigenvalue weighted by atomic mass is 10.00. The van der Waals surface area contributed by atoms with Gasteiger partial charge >= 0.3 is 24.1 Å². The zero-order valence-electron chi connectivity index (χ0n) is 44.7. The molecule has 0 unspecified atom stereocenters. The summed E-state index contributed by atoms with van der Waals surface area (Å²) in [5.41, 5.74) is 8.60. The number of nitrogens with zero attached hydrogens (tertiary/aromatic N) is 2. The highest BCUT2D eigenvalue weighted by Crippen LogP contribution is 2.25. The molecule has 2 aromatic heterocycles. The van der Waals surface area contributed by atoms with E-state index in [1.807, 2.05) is 66.7 Å². The van der Waals surface area contributed by atoms with Crippen LogP contribution in [0.5, 0.6) is 0 Å². The largest absolute Gasteiger partial charge is 0.460 e. The number of halogens is 1. The Hall–Kier alpha value is -7.54. The van der Waals surface area contributed by atoms with E-state index in [1.54, 1.807) is 123 Å². The van der Waals surface area contributed by atoms with E-state index in [0.29, 0.717) is 17.7 Å². The first-order chi connectivity index (χ1) is 34.9. The van der Waals surface area contributed by atoms with Crippen LogP contribution in [-0.4, -0.2) is 67.2 Å². The van der Waals surface area contributed by atoms with Gasteiger partial charge in [-0.15, -0.1) is 0 Å². The second-order valence-corrected chi connectivity index (χ2v) is 22.1. The first kappa shape index (κ1) is 60.0. The van der Waals surface area contributed by atoms with E-state index in [4.69, 9.17) is 18.9 Å². The summed E-state index contributed by atoms with van der Waals surface area (Å²) in [6.45, 7) is 21.3. The van der Waals surface area contributed by atoms with Crippen molar-refractivity contribution in [2.75, 3.05) is 10.9 Å². The van der Waals surface area contributed by atoms with Crippen LogP contribution in [-0.2, 0) is 41.6 Å². The van der Waals surface area contributed by atoms with E-state index >= 15 is 0 Å². The fraction of sp³-hybridized carbons (Fsp3) is 0.393. The molecule has 0 fully saturated rings. The molecule has 5 aromatic rings. The van der Waals surface area contributed by atoms with Crippen molar-refractivity contribution >= 4 is 63.3 Å². The quantitative estimate of drug-likeness (QED) is 0.0294. The van der Waals surface area contributed by atoms with Crippen molar-refractivity contribution < 1.29 is 47.7 Å². The Balaban J connectivity index is 0.000000328. The van der Waals surface area contributed by atoms with Crippen LogP contribution in [0.1, 0.15) is 141 Å². The van der Waals surface area contributed by atoms with Crippen molar-refractivity contribution in [3.8, 4) is 11.1 Å². The Bertz CT molecular complexity index is 2930. The summed E-state index contributed by atoms with van der Waals surface area (Å²) in [6, 6.07) is 27.9. The number of anilines is 2. The lowest BCUT2D eigenvalue weighted by Gasteiger charge is -2.23. The molecule has 0 saturated carbocycles. The molecule has 19 heteroatoms. The number of ether oxygens (including phenoxy) is 4. The minimum atomic E-state index is -0.787. The van der Waals surface area contributed by atoms with Crippen molar-refractivity contribution in [2.24, 2.45) is 0 Å². The van der Waals surface area contributed by atoms with Gasteiger partial charge in [-0.25, -0.2) is 20.4 Å². The zero-order chi connectivity index (χ0) is 55.9. The first-order valence-corrected chi connectivity index (χ1v) is 25.0. The van der Waals surface area contributed by atoms with Gasteiger partial charge in [0.25, 0.3) is 0 Å². The fourth-order valence-corrected chi connectivity index (χ4v) is 7.45. The number of amides is 2. The van der Waals surface area contributed by atoms with Crippen LogP contribution in [0.15, 0.2) is 117 Å². The van der Waals surface area contributed by atoms with Gasteiger partial charge in [-0.3, -0.25) is 39.6 Å². The number of ketones is 2. The van der Waals surface area contributed by atoms with Crippen LogP contribution in [0.2, 0.25) is 0 Å². The minimum absolute atomic E-state index is 0.0714. The maximum atomic E-state index is 13.8. The average molecular weight is 1100 g/mol. The number of aromatic nitrogens is 2. The van der Waals surface area contributed by atoms with Gasteiger partial charge in [0.2, 0.25) is 10.9 Å². The van der Waals surface area contributed by atoms with E-state index < -0.39 is 69.0 Å². The van der Waals surface area contributed by atoms with Gasteiger partial charge in [-0.05, 0) is 116 Å². The van der Waals surface area contributed by atoms with Gasteiger partial charge in [0.1, 0.15) is 45.2 Å². The predicted molar refractivity (Wildman–Crippen MR) is 290 cm³/mol. The molecule has 0 atom stereocenters. The number of hydrazine groups is 2. The van der Waals surface area contributed by atoms with E-state index in [-0.39, 0.29) is 59.5 Å². The molecule has 2 heterocycles. The Labute approximate surface area is 445 Å². The van der Waals surface area contributed by atoms with E-state index in [9.17, 15) is 38.4 Å². The number of rotatable bonds is 17. The van der Waals surface area contributed by atoms with Crippen LogP contribution in [0.3, 0.4) is 0 Å². The molecule has 0 aliphatic carbocycles. The molecule has 0 radical (unpaired) electrons. The Morgan fingerprint density at radius 3 is 1.19 bits per heavy atom. The number of carbonyl (C=O) groups excluding carboxylic acids is 6. The van der Waals surface area contributed by atoms with Crippen LogP contribution >= 0.6 is 15.9 Å². The van der Waals surface area contributed by atoms with Crippen LogP contribution < -0.4 is 32.6 Å². The van der Waals surface area contributed by atoms with Gasteiger partial charge < -0.3 is 28.1 Å². The number of Topliss-reactive ketones (excluding diaryl/α,β-unsaturated/α-hetero) is 2. The second kappa shape index (κ2) is 26.1. The van der Waals surface area contributed by atoms with Crippen molar-refractivity contribution in [3.63, 3.8) is 0 Å². The second-order valence-electron chi connectivity index (χ2n) is 21.2. The third-order valence-corrected chi connectivity index (χ3v) is 10.4. The highest BCUT2D eigenvalue weighted by molar-refractivity contribution is 9.10. The maximum Gasteiger partial charge on any atom is 0.426 e. The van der Waals surface area contributed by atoms with Crippen molar-refractivity contribution in [3.05, 3.63) is 151 Å². The molecule has 402 valence electrons. The lowest BCUT2D eigenvalue weighted by Crippen LogP contribution is -2.38. The standard InChI is InChI=1S/C31H37N3O6.C25H32BrN3O6/c1-30(2,3)39-25(36)18-17-24(35)26-27(37)23(22-15-11-8-12-16-22)20-34(19-21-13-9-7-10-14-21)28(26)32-33-29(38)40-31(4,5)6;1-24(2,3)34-19(31)13-12-18(30)20-21(32)17(26)15-29(14-16-10-8-7-9-11-16)22(20)27-28-23(33)35-25(4,5)6/h7-16,20,32H,17-19H2,1-6H3,(H,33,38);7-11,15,27H,12-14H2,1-6H3,(H,28,33). The molecule has 0 spiro atoms. The number of pyridine rings is 2. The Morgan fingerprint density at radius 1 is 0.467 bits per heavy atom. The summed E-state index contributed by atoms with van der Waals surface area (Å²) in [6.07, 6.45) is 0.703. The molecule has 3 aromatic carbocycles. The van der Waals surface area contributed by atoms with Crippen LogP contribution in [0.4, 0.5) is 21.2 Å². The molecule has 0 bridgehead atoms. The molecular formula is C56H69BrN6O12. The van der Waals surface area contributed by atoms with Crippen molar-refractivity contribution in [1.82, 2.24) is 20.0 Å². The molecule has 0 aliphatic heterocycles. The molecule has 5 rings (SSSR count). The van der Waals surface area contributed by atoms with Gasteiger partial charge in [0.15, 0.2) is 11.6 Å². The number of esters is 2. The molecular weight excluding hydrogens is 1030 g/mol. The molecule has 4 N–H and O–H groups in total. The summed E-state index contributed by atoms with van der Waals surface area (Å²) in [4.78, 5) is 103. The third-order valence-electron chi connectivity index (χ3n) is 9.87. The predicted octanol–water partition coefficient (Wildman–Crippen LogP) is 10.5. The maximum absolute atomic E-state index is 13.8. The smallest absolute Gasteiger partial charge is 0.426 e. The van der Waals surface area contributed by atoms with E-state index in [0.717, 1.165) is 11.1 Å². The summed E-state index contributed by atoms with van der Waals surface area (Å²) >= 11 is 3.24. The Morgan fingerprint density at radius 2 is 0.813 bits per heavy atom. The van der Waals surface area contributed by atoms with Crippen LogP contribution in [0.25, 0.3) is 11.1 Å². The highest BCUT2D eigenvalue weighted by Gasteiger charge is 2.28. The SMILES string of the molecule is CC(C)(C)OC(=O)CCC(=O)c1c(NNC(=O)OC(C)(C)C)n(Cc2ccccc2)cc(-c2ccccc2)c1=O.CC(C)(C)OC(=O)CCC(=O)c1c(NNC(=O)OC(C)(C)C)n(Cc2ccccc2)cc(Br)c1=O. The normalized spacial score (nSPS) is 11.5. The number of nitrogens with one attached hydrogen (secondary N) is 4. The lowest BCUT2D eigenvalue weighted by molar-refractivity contribution is -0.155. The third kappa shape index (κ3) is 20.4. The zero-order valence-corrected chi connectivity index (χ0v) is 46.3. The van der Waals surface area contributed by atoms with E-state index in [2.05, 4.69) is 37.6 Å². The molecule has 0 aliphatic rings. The van der Waals surface area contributed by atoms with E-state index in [1.165, 1.54) is 6.20 Å². The Kier molecular flexibility index (Phi) is 20.9. The molecule has 2 amide bonds. The van der Waals surface area contributed by atoms with Gasteiger partial charge in [-0.1, -0.05) is 91.0 Å². The molecule has 0 saturated heterocycles. The number of carbonyl (C=O) groups is 6. The highest BCUT2D eigenvalue weighted by atomic mass is 79.9. The molecule has 18 nitrogen and oxygen atoms in total. The minimum Gasteiger partial charge on any atom is -0.460 e. The first-order valence-electron chi connectivity index (χ1n) is 24.2. The summed E-state index contributed by atoms with van der Waals surface area (Å²) < 4.78 is 24.6. The van der Waals surface area contributed by atoms with Crippen molar-refractivity contribution in [1.29, 1.82) is 0 Å². The van der Waals surface area contributed by atoms with Gasteiger partial charge in [0, 0.05) is 43.9 Å². The van der Waals surface area contributed by atoms with Gasteiger partial charge in [0.05, 0.1) is 17.3 Å². The van der Waals surface area contributed by atoms with Crippen LogP contribution in [0, 0.1) is 0 Å². The van der Waals surface area contributed by atoms with Crippen molar-refractivity contribution in [2.45, 2.75) is 144 Å².